The lowest BCUT2D eigenvalue weighted by molar-refractivity contribution is 0.258. The van der Waals surface area contributed by atoms with Crippen molar-refractivity contribution in [1.29, 1.82) is 0 Å². The number of nitrogens with two attached hydrogens (primary N) is 1. The number of amides is 2. The molecule has 0 saturated carbocycles. The first-order valence-electron chi connectivity index (χ1n) is 5.75. The van der Waals surface area contributed by atoms with Gasteiger partial charge in [-0.25, -0.2) is 4.79 Å². The van der Waals surface area contributed by atoms with E-state index in [2.05, 4.69) is 5.32 Å². The van der Waals surface area contributed by atoms with Crippen molar-refractivity contribution in [2.75, 3.05) is 23.0 Å². The number of phenols is 1. The Labute approximate surface area is 111 Å². The summed E-state index contributed by atoms with van der Waals surface area (Å²) in [6.07, 6.45) is 0. The van der Waals surface area contributed by atoms with Crippen LogP contribution in [0.2, 0.25) is 0 Å². The van der Waals surface area contributed by atoms with Crippen LogP contribution in [-0.2, 0) is 0 Å². The van der Waals surface area contributed by atoms with Crippen molar-refractivity contribution in [2.24, 2.45) is 0 Å². The molecule has 0 aliphatic heterocycles. The monoisotopic (exact) mass is 257 g/mol. The van der Waals surface area contributed by atoms with E-state index in [9.17, 15) is 9.90 Å². The van der Waals surface area contributed by atoms with Crippen LogP contribution in [0.4, 0.5) is 21.9 Å². The van der Waals surface area contributed by atoms with Gasteiger partial charge in [0, 0.05) is 30.2 Å². The van der Waals surface area contributed by atoms with Gasteiger partial charge in [-0.15, -0.1) is 0 Å². The molecule has 2 rings (SSSR count). The van der Waals surface area contributed by atoms with Gasteiger partial charge < -0.3 is 16.2 Å². The van der Waals surface area contributed by atoms with E-state index in [-0.39, 0.29) is 11.8 Å². The molecule has 0 unspecified atom stereocenters. The Morgan fingerprint density at radius 2 is 1.95 bits per heavy atom. The highest BCUT2D eigenvalue weighted by molar-refractivity contribution is 6.01. The fraction of sp³-hybridized carbons (Fsp3) is 0.0714. The maximum Gasteiger partial charge on any atom is 0.326 e. The molecule has 5 nitrogen and oxygen atoms in total. The van der Waals surface area contributed by atoms with Crippen LogP contribution < -0.4 is 16.0 Å². The number of phenolic OH excluding ortho intramolecular Hbond substituents is 1. The summed E-state index contributed by atoms with van der Waals surface area (Å²) in [5.41, 5.74) is 7.45. The molecule has 0 aliphatic rings. The average molecular weight is 257 g/mol. The van der Waals surface area contributed by atoms with Gasteiger partial charge in [0.1, 0.15) is 5.75 Å². The highest BCUT2D eigenvalue weighted by atomic mass is 16.3. The van der Waals surface area contributed by atoms with Crippen LogP contribution in [0.15, 0.2) is 48.5 Å². The molecule has 0 saturated heterocycles. The standard InChI is InChI=1S/C14H15N3O2/c1-17(12-6-3-7-13(18)9-12)14(19)16-11-5-2-4-10(15)8-11/h2-9,18H,15H2,1H3,(H,16,19). The maximum absolute atomic E-state index is 12.0. The van der Waals surface area contributed by atoms with E-state index in [1.54, 1.807) is 49.5 Å². The summed E-state index contributed by atoms with van der Waals surface area (Å²) in [6, 6.07) is 13.1. The van der Waals surface area contributed by atoms with Crippen LogP contribution in [0.3, 0.4) is 0 Å². The van der Waals surface area contributed by atoms with Crippen molar-refractivity contribution >= 4 is 23.1 Å². The van der Waals surface area contributed by atoms with Gasteiger partial charge in [-0.1, -0.05) is 12.1 Å². The predicted octanol–water partition coefficient (Wildman–Crippen LogP) is 2.64. The number of hydrogen-bond acceptors (Lipinski definition) is 3. The third-order valence-corrected chi connectivity index (χ3v) is 2.66. The van der Waals surface area contributed by atoms with Crippen molar-refractivity contribution in [1.82, 2.24) is 0 Å². The lowest BCUT2D eigenvalue weighted by atomic mass is 10.2. The van der Waals surface area contributed by atoms with Crippen molar-refractivity contribution in [3.63, 3.8) is 0 Å². The van der Waals surface area contributed by atoms with Crippen LogP contribution in [0, 0.1) is 0 Å². The maximum atomic E-state index is 12.0. The van der Waals surface area contributed by atoms with E-state index in [4.69, 9.17) is 5.73 Å². The number of hydrogen-bond donors (Lipinski definition) is 3. The zero-order valence-electron chi connectivity index (χ0n) is 10.5. The van der Waals surface area contributed by atoms with E-state index in [1.807, 2.05) is 0 Å². The fourth-order valence-corrected chi connectivity index (χ4v) is 1.64. The smallest absolute Gasteiger partial charge is 0.326 e. The van der Waals surface area contributed by atoms with Crippen LogP contribution in [0.1, 0.15) is 0 Å². The van der Waals surface area contributed by atoms with E-state index < -0.39 is 0 Å². The van der Waals surface area contributed by atoms with E-state index in [1.165, 1.54) is 11.0 Å². The molecule has 0 heterocycles. The first kappa shape index (κ1) is 12.8. The number of rotatable bonds is 2. The third-order valence-electron chi connectivity index (χ3n) is 2.66. The van der Waals surface area contributed by atoms with Crippen molar-refractivity contribution in [3.8, 4) is 5.75 Å². The normalized spacial score (nSPS) is 9.95. The number of aromatic hydroxyl groups is 1. The summed E-state index contributed by atoms with van der Waals surface area (Å²) in [6.45, 7) is 0. The average Bonchev–Trinajstić information content (AvgIpc) is 2.38. The molecule has 2 aromatic carbocycles. The zero-order chi connectivity index (χ0) is 13.8. The first-order chi connectivity index (χ1) is 9.06. The van der Waals surface area contributed by atoms with Gasteiger partial charge in [0.15, 0.2) is 0 Å². The third kappa shape index (κ3) is 3.16. The lowest BCUT2D eigenvalue weighted by Gasteiger charge is -2.18. The van der Waals surface area contributed by atoms with Gasteiger partial charge >= 0.3 is 6.03 Å². The van der Waals surface area contributed by atoms with Crippen molar-refractivity contribution < 1.29 is 9.90 Å². The van der Waals surface area contributed by atoms with Gasteiger partial charge in [0.25, 0.3) is 0 Å². The minimum Gasteiger partial charge on any atom is -0.508 e. The molecule has 0 radical (unpaired) electrons. The summed E-state index contributed by atoms with van der Waals surface area (Å²) in [7, 11) is 1.62. The van der Waals surface area contributed by atoms with Gasteiger partial charge in [0.2, 0.25) is 0 Å². The second kappa shape index (κ2) is 5.30. The van der Waals surface area contributed by atoms with Crippen LogP contribution >= 0.6 is 0 Å². The molecule has 2 amide bonds. The Balaban J connectivity index is 2.12. The molecule has 0 fully saturated rings. The first-order valence-corrected chi connectivity index (χ1v) is 5.75. The SMILES string of the molecule is CN(C(=O)Nc1cccc(N)c1)c1cccc(O)c1. The van der Waals surface area contributed by atoms with Crippen LogP contribution in [0.5, 0.6) is 5.75 Å². The van der Waals surface area contributed by atoms with Gasteiger partial charge in [-0.3, -0.25) is 4.90 Å². The highest BCUT2D eigenvalue weighted by Gasteiger charge is 2.11. The number of carbonyl (C=O) groups is 1. The molecule has 0 spiro atoms. The summed E-state index contributed by atoms with van der Waals surface area (Å²) in [4.78, 5) is 13.4. The quantitative estimate of drug-likeness (QED) is 0.724. The van der Waals surface area contributed by atoms with Crippen molar-refractivity contribution in [3.05, 3.63) is 48.5 Å². The molecule has 0 aliphatic carbocycles. The molecular formula is C14H15N3O2. The Bertz CT molecular complexity index is 599. The topological polar surface area (TPSA) is 78.6 Å². The van der Waals surface area contributed by atoms with E-state index in [0.29, 0.717) is 17.1 Å². The Kier molecular flexibility index (Phi) is 3.56. The Morgan fingerprint density at radius 3 is 2.63 bits per heavy atom. The van der Waals surface area contributed by atoms with Gasteiger partial charge in [-0.2, -0.15) is 0 Å². The number of carbonyl (C=O) groups excluding carboxylic acids is 1. The number of anilines is 3. The largest absolute Gasteiger partial charge is 0.508 e. The molecular weight excluding hydrogens is 242 g/mol. The summed E-state index contributed by atoms with van der Waals surface area (Å²) in [5, 5.41) is 12.1. The second-order valence-corrected chi connectivity index (χ2v) is 4.13. The zero-order valence-corrected chi connectivity index (χ0v) is 10.5. The summed E-state index contributed by atoms with van der Waals surface area (Å²) in [5.74, 6) is 0.112. The predicted molar refractivity (Wildman–Crippen MR) is 76.4 cm³/mol. The molecule has 0 aromatic heterocycles. The molecule has 2 aromatic rings. The fourth-order valence-electron chi connectivity index (χ4n) is 1.64. The van der Waals surface area contributed by atoms with Crippen molar-refractivity contribution in [2.45, 2.75) is 0 Å². The Morgan fingerprint density at radius 1 is 1.21 bits per heavy atom. The molecule has 19 heavy (non-hydrogen) atoms. The van der Waals surface area contributed by atoms with Gasteiger partial charge in [0.05, 0.1) is 0 Å². The molecule has 0 atom stereocenters. The summed E-state index contributed by atoms with van der Waals surface area (Å²) < 4.78 is 0. The number of nitrogens with one attached hydrogen (secondary N) is 1. The molecule has 5 heteroatoms. The van der Waals surface area contributed by atoms with Gasteiger partial charge in [-0.05, 0) is 30.3 Å². The number of nitrogen functional groups attached to an aromatic ring is 1. The molecule has 0 bridgehead atoms. The molecule has 98 valence electrons. The Hall–Kier alpha value is -2.69. The number of benzene rings is 2. The highest BCUT2D eigenvalue weighted by Crippen LogP contribution is 2.20. The van der Waals surface area contributed by atoms with E-state index in [0.717, 1.165) is 0 Å². The van der Waals surface area contributed by atoms with Crippen LogP contribution in [-0.4, -0.2) is 18.2 Å². The van der Waals surface area contributed by atoms with E-state index >= 15 is 0 Å². The number of urea groups is 1. The second-order valence-electron chi connectivity index (χ2n) is 4.13. The number of nitrogens with zero attached hydrogens (tertiary/aromatic N) is 1. The minimum atomic E-state index is -0.309. The minimum absolute atomic E-state index is 0.112. The van der Waals surface area contributed by atoms with Crippen LogP contribution in [0.25, 0.3) is 0 Å². The lowest BCUT2D eigenvalue weighted by Crippen LogP contribution is -2.31. The molecule has 4 N–H and O–H groups in total. The summed E-state index contributed by atoms with van der Waals surface area (Å²) >= 11 is 0.